The highest BCUT2D eigenvalue weighted by Crippen LogP contribution is 2.35. The Bertz CT molecular complexity index is 317. The monoisotopic (exact) mass is 216 g/mol. The molecule has 0 heterocycles. The SMILES string of the molecule is Cc1cc(F)c(SC(C)(C)C)c(F)c1. The van der Waals surface area contributed by atoms with Crippen LogP contribution in [0.15, 0.2) is 17.0 Å². The Labute approximate surface area is 87.7 Å². The fourth-order valence-corrected chi connectivity index (χ4v) is 2.02. The Morgan fingerprint density at radius 1 is 1.07 bits per heavy atom. The van der Waals surface area contributed by atoms with Crippen LogP contribution in [-0.2, 0) is 0 Å². The molecule has 0 aliphatic rings. The summed E-state index contributed by atoms with van der Waals surface area (Å²) in [5.41, 5.74) is 0.609. The molecule has 78 valence electrons. The average Bonchev–Trinajstić information content (AvgIpc) is 1.95. The fraction of sp³-hybridized carbons (Fsp3) is 0.455. The smallest absolute Gasteiger partial charge is 0.140 e. The minimum atomic E-state index is -0.470. The lowest BCUT2D eigenvalue weighted by Crippen LogP contribution is -2.08. The summed E-state index contributed by atoms with van der Waals surface area (Å²) in [6.45, 7) is 7.46. The van der Waals surface area contributed by atoms with Gasteiger partial charge >= 0.3 is 0 Å². The Kier molecular flexibility index (Phi) is 3.20. The van der Waals surface area contributed by atoms with Crippen molar-refractivity contribution >= 4 is 11.8 Å². The summed E-state index contributed by atoms with van der Waals surface area (Å²) < 4.78 is 26.6. The summed E-state index contributed by atoms with van der Waals surface area (Å²) in [5.74, 6) is -0.940. The molecule has 0 aliphatic carbocycles. The average molecular weight is 216 g/mol. The van der Waals surface area contributed by atoms with E-state index in [0.29, 0.717) is 5.56 Å². The normalized spacial score (nSPS) is 11.9. The zero-order valence-corrected chi connectivity index (χ0v) is 9.64. The zero-order valence-electron chi connectivity index (χ0n) is 8.82. The molecule has 0 spiro atoms. The van der Waals surface area contributed by atoms with E-state index in [1.807, 2.05) is 20.8 Å². The molecule has 1 rings (SSSR count). The maximum atomic E-state index is 13.4. The first-order valence-electron chi connectivity index (χ1n) is 4.44. The number of hydrogen-bond acceptors (Lipinski definition) is 1. The molecule has 0 fully saturated rings. The van der Waals surface area contributed by atoms with Crippen molar-refractivity contribution in [3.63, 3.8) is 0 Å². The number of rotatable bonds is 1. The van der Waals surface area contributed by atoms with E-state index in [-0.39, 0.29) is 9.64 Å². The van der Waals surface area contributed by atoms with E-state index in [9.17, 15) is 8.78 Å². The van der Waals surface area contributed by atoms with Crippen LogP contribution in [0.2, 0.25) is 0 Å². The van der Waals surface area contributed by atoms with Gasteiger partial charge in [0.15, 0.2) is 0 Å². The molecule has 1 aromatic carbocycles. The molecule has 0 N–H and O–H groups in total. The number of thioether (sulfide) groups is 1. The van der Waals surface area contributed by atoms with Gasteiger partial charge in [0.2, 0.25) is 0 Å². The van der Waals surface area contributed by atoms with Crippen molar-refractivity contribution in [3.8, 4) is 0 Å². The highest BCUT2D eigenvalue weighted by molar-refractivity contribution is 8.00. The first-order chi connectivity index (χ1) is 6.29. The first-order valence-corrected chi connectivity index (χ1v) is 5.26. The highest BCUT2D eigenvalue weighted by atomic mass is 32.2. The molecule has 0 atom stereocenters. The molecular weight excluding hydrogens is 202 g/mol. The second-order valence-corrected chi connectivity index (χ2v) is 6.11. The summed E-state index contributed by atoms with van der Waals surface area (Å²) >= 11 is 1.21. The molecule has 0 unspecified atom stereocenters. The van der Waals surface area contributed by atoms with E-state index < -0.39 is 11.6 Å². The number of hydrogen-bond donors (Lipinski definition) is 0. The molecule has 14 heavy (non-hydrogen) atoms. The Balaban J connectivity index is 3.09. The van der Waals surface area contributed by atoms with Gasteiger partial charge in [0.1, 0.15) is 11.6 Å². The van der Waals surface area contributed by atoms with Crippen LogP contribution >= 0.6 is 11.8 Å². The molecule has 0 saturated carbocycles. The van der Waals surface area contributed by atoms with Crippen molar-refractivity contribution < 1.29 is 8.78 Å². The van der Waals surface area contributed by atoms with E-state index in [1.54, 1.807) is 6.92 Å². The Morgan fingerprint density at radius 2 is 1.50 bits per heavy atom. The number of benzene rings is 1. The standard InChI is InChI=1S/C11H14F2S/c1-7-5-8(12)10(9(13)6-7)14-11(2,3)4/h5-6H,1-4H3. The van der Waals surface area contributed by atoms with Gasteiger partial charge in [-0.1, -0.05) is 20.8 Å². The second-order valence-electron chi connectivity index (χ2n) is 4.27. The molecule has 0 nitrogen and oxygen atoms in total. The zero-order chi connectivity index (χ0) is 10.9. The van der Waals surface area contributed by atoms with Crippen molar-refractivity contribution in [1.29, 1.82) is 0 Å². The van der Waals surface area contributed by atoms with Gasteiger partial charge in [-0.05, 0) is 24.6 Å². The molecular formula is C11H14F2S. The summed E-state index contributed by atoms with van der Waals surface area (Å²) in [6, 6.07) is 2.72. The fourth-order valence-electron chi connectivity index (χ4n) is 1.09. The van der Waals surface area contributed by atoms with Crippen LogP contribution in [0.4, 0.5) is 8.78 Å². The van der Waals surface area contributed by atoms with Crippen LogP contribution in [-0.4, -0.2) is 4.75 Å². The van der Waals surface area contributed by atoms with E-state index in [1.165, 1.54) is 23.9 Å². The number of aryl methyl sites for hydroxylation is 1. The number of halogens is 2. The molecule has 0 aromatic heterocycles. The van der Waals surface area contributed by atoms with Crippen molar-refractivity contribution in [1.82, 2.24) is 0 Å². The van der Waals surface area contributed by atoms with Crippen molar-refractivity contribution in [2.45, 2.75) is 37.3 Å². The van der Waals surface area contributed by atoms with Gasteiger partial charge in [-0.25, -0.2) is 8.78 Å². The third kappa shape index (κ3) is 2.98. The Morgan fingerprint density at radius 3 is 1.86 bits per heavy atom. The van der Waals surface area contributed by atoms with E-state index >= 15 is 0 Å². The predicted octanol–water partition coefficient (Wildman–Crippen LogP) is 4.16. The van der Waals surface area contributed by atoms with Crippen LogP contribution in [0.3, 0.4) is 0 Å². The van der Waals surface area contributed by atoms with Gasteiger partial charge < -0.3 is 0 Å². The minimum absolute atomic E-state index is 0.114. The summed E-state index contributed by atoms with van der Waals surface area (Å²) in [7, 11) is 0. The van der Waals surface area contributed by atoms with Crippen LogP contribution < -0.4 is 0 Å². The molecule has 0 aliphatic heterocycles. The minimum Gasteiger partial charge on any atom is -0.206 e. The van der Waals surface area contributed by atoms with Crippen LogP contribution in [0.5, 0.6) is 0 Å². The maximum Gasteiger partial charge on any atom is 0.140 e. The van der Waals surface area contributed by atoms with E-state index in [0.717, 1.165) is 0 Å². The molecule has 3 heteroatoms. The summed E-state index contributed by atoms with van der Waals surface area (Å²) in [4.78, 5) is 0.114. The van der Waals surface area contributed by atoms with Crippen LogP contribution in [0.1, 0.15) is 26.3 Å². The van der Waals surface area contributed by atoms with Gasteiger partial charge in [0.05, 0.1) is 4.90 Å². The third-order valence-electron chi connectivity index (χ3n) is 1.55. The maximum absolute atomic E-state index is 13.4. The molecule has 0 bridgehead atoms. The van der Waals surface area contributed by atoms with E-state index in [4.69, 9.17) is 0 Å². The molecule has 0 saturated heterocycles. The van der Waals surface area contributed by atoms with Gasteiger partial charge in [0.25, 0.3) is 0 Å². The molecule has 0 amide bonds. The Hall–Kier alpha value is -0.570. The van der Waals surface area contributed by atoms with Crippen molar-refractivity contribution in [2.75, 3.05) is 0 Å². The summed E-state index contributed by atoms with van der Waals surface area (Å²) in [5, 5.41) is 0. The first kappa shape index (κ1) is 11.5. The quantitative estimate of drug-likeness (QED) is 0.635. The van der Waals surface area contributed by atoms with Gasteiger partial charge in [-0.15, -0.1) is 11.8 Å². The topological polar surface area (TPSA) is 0 Å². The lowest BCUT2D eigenvalue weighted by molar-refractivity contribution is 0.537. The van der Waals surface area contributed by atoms with Crippen molar-refractivity contribution in [2.24, 2.45) is 0 Å². The van der Waals surface area contributed by atoms with Crippen molar-refractivity contribution in [3.05, 3.63) is 29.3 Å². The van der Waals surface area contributed by atoms with E-state index in [2.05, 4.69) is 0 Å². The van der Waals surface area contributed by atoms with Crippen LogP contribution in [0.25, 0.3) is 0 Å². The van der Waals surface area contributed by atoms with Crippen LogP contribution in [0, 0.1) is 18.6 Å². The third-order valence-corrected chi connectivity index (χ3v) is 2.76. The lowest BCUT2D eigenvalue weighted by atomic mass is 10.2. The van der Waals surface area contributed by atoms with Gasteiger partial charge in [0, 0.05) is 4.75 Å². The van der Waals surface area contributed by atoms with Gasteiger partial charge in [-0.3, -0.25) is 0 Å². The summed E-state index contributed by atoms with van der Waals surface area (Å²) in [6.07, 6.45) is 0. The lowest BCUT2D eigenvalue weighted by Gasteiger charge is -2.18. The highest BCUT2D eigenvalue weighted by Gasteiger charge is 2.18. The van der Waals surface area contributed by atoms with Gasteiger partial charge in [-0.2, -0.15) is 0 Å². The largest absolute Gasteiger partial charge is 0.206 e. The molecule has 1 aromatic rings. The second kappa shape index (κ2) is 3.89. The molecule has 0 radical (unpaired) electrons. The predicted molar refractivity (Wildman–Crippen MR) is 56.7 cm³/mol.